The number of nitrogens with zero attached hydrogens (tertiary/aromatic N) is 2. The topological polar surface area (TPSA) is 104 Å². The van der Waals surface area contributed by atoms with Crippen molar-refractivity contribution in [3.63, 3.8) is 0 Å². The molecule has 7 nitrogen and oxygen atoms in total. The monoisotopic (exact) mass is 453 g/mol. The maximum Gasteiger partial charge on any atom is 0.406 e. The van der Waals surface area contributed by atoms with Crippen molar-refractivity contribution in [1.29, 1.82) is 0 Å². The third kappa shape index (κ3) is 5.05. The summed E-state index contributed by atoms with van der Waals surface area (Å²) < 4.78 is 53.1. The van der Waals surface area contributed by atoms with Gasteiger partial charge in [0.15, 0.2) is 5.75 Å². The molecule has 1 atom stereocenters. The normalized spacial score (nSPS) is 12.7. The fraction of sp³-hybridized carbons (Fsp3) is 0.286. The Morgan fingerprint density at radius 3 is 2.47 bits per heavy atom. The Morgan fingerprint density at radius 2 is 1.88 bits per heavy atom. The van der Waals surface area contributed by atoms with E-state index in [9.17, 15) is 32.3 Å². The van der Waals surface area contributed by atoms with Gasteiger partial charge in [0, 0.05) is 12.2 Å². The third-order valence-electron chi connectivity index (χ3n) is 4.67. The predicted octanol–water partition coefficient (Wildman–Crippen LogP) is 2.50. The van der Waals surface area contributed by atoms with Crippen molar-refractivity contribution in [2.45, 2.75) is 32.1 Å². The molecule has 170 valence electrons. The lowest BCUT2D eigenvalue weighted by Gasteiger charge is -2.17. The van der Waals surface area contributed by atoms with Gasteiger partial charge in [0.1, 0.15) is 23.4 Å². The molecule has 11 heteroatoms. The van der Waals surface area contributed by atoms with Crippen LogP contribution >= 0.6 is 0 Å². The zero-order valence-corrected chi connectivity index (χ0v) is 16.8. The number of carbonyl (C=O) groups is 1. The molecular weight excluding hydrogens is 434 g/mol. The van der Waals surface area contributed by atoms with Crippen molar-refractivity contribution in [3.05, 3.63) is 69.4 Å². The summed E-state index contributed by atoms with van der Waals surface area (Å²) in [7, 11) is 0. The molecule has 0 fully saturated rings. The highest BCUT2D eigenvalue weighted by Gasteiger charge is 2.32. The number of rotatable bonds is 6. The molecule has 0 saturated carbocycles. The van der Waals surface area contributed by atoms with Gasteiger partial charge in [-0.25, -0.2) is 4.39 Å². The number of halogens is 4. The van der Waals surface area contributed by atoms with E-state index in [0.717, 1.165) is 0 Å². The summed E-state index contributed by atoms with van der Waals surface area (Å²) in [4.78, 5) is 29.2. The average Bonchev–Trinajstić information content (AvgIpc) is 2.72. The second-order valence-electron chi connectivity index (χ2n) is 7.30. The maximum atomic E-state index is 13.2. The summed E-state index contributed by atoms with van der Waals surface area (Å²) in [5.74, 6) is -2.45. The standard InChI is InChI=1S/C21H19F4N3O4/c1-11(9-29)27-19(31)16-18(30)17-15(28(20(16)32)10-21(23,24)25)7-13(8-26-17)6-12-2-4-14(22)5-3-12/h2-5,7-8,11,29-30H,6,9-10H2,1H3,(H,27,31)/t11-/m1/s1. The van der Waals surface area contributed by atoms with E-state index in [1.54, 1.807) is 0 Å². The number of carbonyl (C=O) groups excluding carboxylic acids is 1. The van der Waals surface area contributed by atoms with Gasteiger partial charge in [-0.2, -0.15) is 13.2 Å². The smallest absolute Gasteiger partial charge is 0.406 e. The van der Waals surface area contributed by atoms with Gasteiger partial charge in [0.05, 0.1) is 12.1 Å². The van der Waals surface area contributed by atoms with Gasteiger partial charge < -0.3 is 15.5 Å². The van der Waals surface area contributed by atoms with Crippen LogP contribution in [-0.4, -0.2) is 44.5 Å². The summed E-state index contributed by atoms with van der Waals surface area (Å²) in [6.45, 7) is -0.786. The Kier molecular flexibility index (Phi) is 6.49. The second-order valence-corrected chi connectivity index (χ2v) is 7.30. The molecule has 3 aromatic rings. The molecule has 0 aliphatic heterocycles. The van der Waals surface area contributed by atoms with E-state index in [2.05, 4.69) is 10.3 Å². The summed E-state index contributed by atoms with van der Waals surface area (Å²) in [5, 5.41) is 21.8. The number of aromatic hydroxyl groups is 1. The Balaban J connectivity index is 2.17. The summed E-state index contributed by atoms with van der Waals surface area (Å²) in [6, 6.07) is 5.90. The predicted molar refractivity (Wildman–Crippen MR) is 107 cm³/mol. The van der Waals surface area contributed by atoms with Gasteiger partial charge in [-0.1, -0.05) is 12.1 Å². The van der Waals surface area contributed by atoms with Crippen LogP contribution in [0.2, 0.25) is 0 Å². The number of alkyl halides is 3. The van der Waals surface area contributed by atoms with Crippen LogP contribution in [0.25, 0.3) is 11.0 Å². The molecule has 1 aromatic carbocycles. The van der Waals surface area contributed by atoms with E-state index < -0.39 is 54.0 Å². The summed E-state index contributed by atoms with van der Waals surface area (Å²) in [5.41, 5.74) is -1.87. The molecule has 0 aliphatic rings. The number of hydrogen-bond donors (Lipinski definition) is 3. The van der Waals surface area contributed by atoms with E-state index >= 15 is 0 Å². The summed E-state index contributed by atoms with van der Waals surface area (Å²) >= 11 is 0. The van der Waals surface area contributed by atoms with Crippen LogP contribution in [0.1, 0.15) is 28.4 Å². The number of pyridine rings is 2. The number of aromatic nitrogens is 2. The Hall–Kier alpha value is -3.47. The fourth-order valence-electron chi connectivity index (χ4n) is 3.16. The molecule has 0 bridgehead atoms. The molecular formula is C21H19F4N3O4. The van der Waals surface area contributed by atoms with Gasteiger partial charge in [0.2, 0.25) is 0 Å². The molecule has 0 radical (unpaired) electrons. The Labute approximate surface area is 178 Å². The van der Waals surface area contributed by atoms with E-state index in [1.165, 1.54) is 43.5 Å². The fourth-order valence-corrected chi connectivity index (χ4v) is 3.16. The molecule has 0 aliphatic carbocycles. The quantitative estimate of drug-likeness (QED) is 0.498. The highest BCUT2D eigenvalue weighted by Crippen LogP contribution is 2.28. The molecule has 3 rings (SSSR count). The maximum absolute atomic E-state index is 13.2. The van der Waals surface area contributed by atoms with Gasteiger partial charge in [-0.15, -0.1) is 0 Å². The number of fused-ring (bicyclic) bond motifs is 1. The van der Waals surface area contributed by atoms with Crippen LogP contribution < -0.4 is 10.9 Å². The van der Waals surface area contributed by atoms with E-state index in [4.69, 9.17) is 5.11 Å². The first-order valence-corrected chi connectivity index (χ1v) is 9.47. The largest absolute Gasteiger partial charge is 0.505 e. The number of nitrogens with one attached hydrogen (secondary N) is 1. The number of aliphatic hydroxyl groups excluding tert-OH is 1. The number of amides is 1. The van der Waals surface area contributed by atoms with Gasteiger partial charge in [-0.05, 0) is 42.7 Å². The Morgan fingerprint density at radius 1 is 1.22 bits per heavy atom. The first kappa shape index (κ1) is 23.2. The lowest BCUT2D eigenvalue weighted by Crippen LogP contribution is -2.40. The van der Waals surface area contributed by atoms with Crippen molar-refractivity contribution < 1.29 is 32.6 Å². The first-order valence-electron chi connectivity index (χ1n) is 9.47. The molecule has 0 spiro atoms. The zero-order valence-electron chi connectivity index (χ0n) is 16.8. The second kappa shape index (κ2) is 8.95. The molecule has 1 amide bonds. The minimum absolute atomic E-state index is 0.181. The van der Waals surface area contributed by atoms with Crippen molar-refractivity contribution in [3.8, 4) is 5.75 Å². The minimum atomic E-state index is -4.80. The molecule has 2 heterocycles. The number of aliphatic hydroxyl groups is 1. The van der Waals surface area contributed by atoms with Crippen LogP contribution in [0, 0.1) is 5.82 Å². The first-order chi connectivity index (χ1) is 15.0. The van der Waals surface area contributed by atoms with E-state index in [1.807, 2.05) is 0 Å². The molecule has 0 saturated heterocycles. The van der Waals surface area contributed by atoms with Crippen molar-refractivity contribution in [2.24, 2.45) is 0 Å². The van der Waals surface area contributed by atoms with Crippen molar-refractivity contribution in [1.82, 2.24) is 14.9 Å². The van der Waals surface area contributed by atoms with Crippen molar-refractivity contribution in [2.75, 3.05) is 6.61 Å². The Bertz CT molecular complexity index is 1210. The minimum Gasteiger partial charge on any atom is -0.505 e. The number of benzene rings is 1. The van der Waals surface area contributed by atoms with Crippen LogP contribution in [0.15, 0.2) is 41.3 Å². The van der Waals surface area contributed by atoms with E-state index in [0.29, 0.717) is 15.7 Å². The third-order valence-corrected chi connectivity index (χ3v) is 4.67. The van der Waals surface area contributed by atoms with Crippen LogP contribution in [0.5, 0.6) is 5.75 Å². The average molecular weight is 453 g/mol. The van der Waals surface area contributed by atoms with E-state index in [-0.39, 0.29) is 17.5 Å². The van der Waals surface area contributed by atoms with Crippen LogP contribution in [0.4, 0.5) is 17.6 Å². The van der Waals surface area contributed by atoms with Gasteiger partial charge >= 0.3 is 6.18 Å². The van der Waals surface area contributed by atoms with Crippen LogP contribution in [0.3, 0.4) is 0 Å². The SMILES string of the molecule is C[C@H](CO)NC(=O)c1c(O)c2ncc(Cc3ccc(F)cc3)cc2n(CC(F)(F)F)c1=O. The number of hydrogen-bond acceptors (Lipinski definition) is 5. The van der Waals surface area contributed by atoms with Crippen LogP contribution in [-0.2, 0) is 13.0 Å². The highest BCUT2D eigenvalue weighted by atomic mass is 19.4. The lowest BCUT2D eigenvalue weighted by molar-refractivity contribution is -0.140. The zero-order chi connectivity index (χ0) is 23.6. The molecule has 2 aromatic heterocycles. The van der Waals surface area contributed by atoms with Gasteiger partial charge in [0.25, 0.3) is 11.5 Å². The molecule has 0 unspecified atom stereocenters. The molecule has 3 N–H and O–H groups in total. The highest BCUT2D eigenvalue weighted by molar-refractivity contribution is 6.01. The van der Waals surface area contributed by atoms with Crippen molar-refractivity contribution >= 4 is 16.9 Å². The molecule has 32 heavy (non-hydrogen) atoms. The van der Waals surface area contributed by atoms with Gasteiger partial charge in [-0.3, -0.25) is 19.1 Å². The summed E-state index contributed by atoms with van der Waals surface area (Å²) in [6.07, 6.45) is -3.33. The lowest BCUT2D eigenvalue weighted by atomic mass is 10.1.